The molecule has 5 heteroatoms. The Hall–Kier alpha value is -1.91. The lowest BCUT2D eigenvalue weighted by Gasteiger charge is -2.13. The van der Waals surface area contributed by atoms with Crippen molar-refractivity contribution >= 4 is 16.9 Å². The SMILES string of the molecule is CC(C)C1Cn2c(c3ncccc3nc2=O)N1. The fraction of sp³-hybridized carbons (Fsp3) is 0.417. The molecule has 0 saturated heterocycles. The zero-order valence-electron chi connectivity index (χ0n) is 9.84. The molecule has 1 atom stereocenters. The van der Waals surface area contributed by atoms with E-state index in [9.17, 15) is 4.79 Å². The zero-order chi connectivity index (χ0) is 12.0. The fourth-order valence-electron chi connectivity index (χ4n) is 2.17. The molecule has 2 aromatic rings. The van der Waals surface area contributed by atoms with Crippen molar-refractivity contribution in [1.29, 1.82) is 0 Å². The van der Waals surface area contributed by atoms with Gasteiger partial charge in [0.05, 0.1) is 5.52 Å². The van der Waals surface area contributed by atoms with Crippen LogP contribution in [-0.2, 0) is 6.54 Å². The number of anilines is 1. The minimum absolute atomic E-state index is 0.198. The van der Waals surface area contributed by atoms with Crippen LogP contribution in [0.4, 0.5) is 5.82 Å². The molecule has 1 aliphatic rings. The summed E-state index contributed by atoms with van der Waals surface area (Å²) in [6.45, 7) is 4.95. The number of rotatable bonds is 1. The van der Waals surface area contributed by atoms with Gasteiger partial charge in [-0.3, -0.25) is 9.55 Å². The van der Waals surface area contributed by atoms with Crippen LogP contribution in [0.25, 0.3) is 11.0 Å². The van der Waals surface area contributed by atoms with Crippen molar-refractivity contribution in [1.82, 2.24) is 14.5 Å². The van der Waals surface area contributed by atoms with E-state index in [4.69, 9.17) is 0 Å². The van der Waals surface area contributed by atoms with Crippen molar-refractivity contribution < 1.29 is 0 Å². The lowest BCUT2D eigenvalue weighted by molar-refractivity contribution is 0.492. The van der Waals surface area contributed by atoms with E-state index >= 15 is 0 Å². The molecule has 1 unspecified atom stereocenters. The van der Waals surface area contributed by atoms with Gasteiger partial charge in [0.1, 0.15) is 11.3 Å². The fourth-order valence-corrected chi connectivity index (χ4v) is 2.17. The number of pyridine rings is 1. The standard InChI is InChI=1S/C12H14N4O/c1-7(2)9-6-16-11(14-9)10-8(15-12(16)17)4-3-5-13-10/h3-5,7,9,14H,6H2,1-2H3. The van der Waals surface area contributed by atoms with Gasteiger partial charge in [-0.25, -0.2) is 4.79 Å². The first kappa shape index (κ1) is 10.3. The first-order chi connectivity index (χ1) is 8.16. The van der Waals surface area contributed by atoms with Crippen LogP contribution in [0, 0.1) is 5.92 Å². The first-order valence-corrected chi connectivity index (χ1v) is 5.79. The summed E-state index contributed by atoms with van der Waals surface area (Å²) in [7, 11) is 0. The summed E-state index contributed by atoms with van der Waals surface area (Å²) in [5, 5.41) is 3.38. The predicted octanol–water partition coefficient (Wildman–Crippen LogP) is 1.24. The van der Waals surface area contributed by atoms with Crippen LogP contribution in [0.1, 0.15) is 13.8 Å². The van der Waals surface area contributed by atoms with E-state index < -0.39 is 0 Å². The normalized spacial score (nSPS) is 18.4. The molecule has 0 aromatic carbocycles. The highest BCUT2D eigenvalue weighted by molar-refractivity contribution is 5.85. The average molecular weight is 230 g/mol. The molecule has 3 heterocycles. The maximum atomic E-state index is 11.9. The molecular weight excluding hydrogens is 216 g/mol. The second-order valence-corrected chi connectivity index (χ2v) is 4.72. The van der Waals surface area contributed by atoms with Gasteiger partial charge in [0.25, 0.3) is 0 Å². The molecule has 0 bridgehead atoms. The Balaban J connectivity index is 2.24. The maximum Gasteiger partial charge on any atom is 0.349 e. The van der Waals surface area contributed by atoms with E-state index in [-0.39, 0.29) is 11.7 Å². The lowest BCUT2D eigenvalue weighted by Crippen LogP contribution is -2.25. The second kappa shape index (κ2) is 3.55. The van der Waals surface area contributed by atoms with Crippen LogP contribution >= 0.6 is 0 Å². The zero-order valence-corrected chi connectivity index (χ0v) is 9.84. The molecule has 0 aliphatic carbocycles. The van der Waals surface area contributed by atoms with E-state index in [1.165, 1.54) is 0 Å². The van der Waals surface area contributed by atoms with E-state index in [0.717, 1.165) is 11.3 Å². The third-order valence-electron chi connectivity index (χ3n) is 3.23. The Morgan fingerprint density at radius 2 is 2.35 bits per heavy atom. The van der Waals surface area contributed by atoms with Gasteiger partial charge in [0.2, 0.25) is 0 Å². The summed E-state index contributed by atoms with van der Waals surface area (Å²) in [5.74, 6) is 1.27. The van der Waals surface area contributed by atoms with Crippen LogP contribution in [0.15, 0.2) is 23.1 Å². The highest BCUT2D eigenvalue weighted by Gasteiger charge is 2.26. The number of nitrogens with zero attached hydrogens (tertiary/aromatic N) is 3. The minimum atomic E-state index is -0.198. The van der Waals surface area contributed by atoms with E-state index in [1.807, 2.05) is 6.07 Å². The van der Waals surface area contributed by atoms with Crippen molar-refractivity contribution in [3.05, 3.63) is 28.8 Å². The maximum absolute atomic E-state index is 11.9. The molecule has 0 amide bonds. The van der Waals surface area contributed by atoms with Crippen LogP contribution in [0.5, 0.6) is 0 Å². The number of nitrogens with one attached hydrogen (secondary N) is 1. The number of hydrogen-bond acceptors (Lipinski definition) is 4. The van der Waals surface area contributed by atoms with Crippen molar-refractivity contribution in [3.63, 3.8) is 0 Å². The summed E-state index contributed by atoms with van der Waals surface area (Å²) in [5.41, 5.74) is 1.23. The lowest BCUT2D eigenvalue weighted by atomic mass is 10.1. The van der Waals surface area contributed by atoms with Crippen LogP contribution in [-0.4, -0.2) is 20.6 Å². The molecule has 88 valence electrons. The van der Waals surface area contributed by atoms with Crippen molar-refractivity contribution in [3.8, 4) is 0 Å². The molecular formula is C12H14N4O. The van der Waals surface area contributed by atoms with Gasteiger partial charge in [0, 0.05) is 18.8 Å². The summed E-state index contributed by atoms with van der Waals surface area (Å²) in [6, 6.07) is 3.88. The monoisotopic (exact) mass is 230 g/mol. The van der Waals surface area contributed by atoms with Gasteiger partial charge in [-0.2, -0.15) is 4.98 Å². The number of hydrogen-bond donors (Lipinski definition) is 1. The highest BCUT2D eigenvalue weighted by atomic mass is 16.1. The number of fused-ring (bicyclic) bond motifs is 3. The van der Waals surface area contributed by atoms with Crippen LogP contribution in [0.2, 0.25) is 0 Å². The van der Waals surface area contributed by atoms with Gasteiger partial charge < -0.3 is 5.32 Å². The highest BCUT2D eigenvalue weighted by Crippen LogP contribution is 2.25. The second-order valence-electron chi connectivity index (χ2n) is 4.72. The number of aromatic nitrogens is 3. The minimum Gasteiger partial charge on any atom is -0.365 e. The Bertz CT molecular complexity index is 632. The summed E-state index contributed by atoms with van der Waals surface area (Å²) in [6.07, 6.45) is 1.72. The van der Waals surface area contributed by atoms with Gasteiger partial charge >= 0.3 is 5.69 Å². The van der Waals surface area contributed by atoms with Crippen LogP contribution < -0.4 is 11.0 Å². The third-order valence-corrected chi connectivity index (χ3v) is 3.23. The molecule has 17 heavy (non-hydrogen) atoms. The summed E-state index contributed by atoms with van der Waals surface area (Å²) in [4.78, 5) is 20.2. The van der Waals surface area contributed by atoms with Gasteiger partial charge in [0.15, 0.2) is 0 Å². The van der Waals surface area contributed by atoms with Crippen molar-refractivity contribution in [2.24, 2.45) is 5.92 Å². The van der Waals surface area contributed by atoms with E-state index in [1.54, 1.807) is 16.8 Å². The molecule has 2 aromatic heterocycles. The Labute approximate surface area is 98.5 Å². The van der Waals surface area contributed by atoms with Gasteiger partial charge in [-0.1, -0.05) is 13.8 Å². The van der Waals surface area contributed by atoms with Crippen LogP contribution in [0.3, 0.4) is 0 Å². The largest absolute Gasteiger partial charge is 0.365 e. The quantitative estimate of drug-likeness (QED) is 0.800. The summed E-state index contributed by atoms with van der Waals surface area (Å²) >= 11 is 0. The van der Waals surface area contributed by atoms with E-state index in [0.29, 0.717) is 18.0 Å². The molecule has 0 saturated carbocycles. The molecule has 0 fully saturated rings. The topological polar surface area (TPSA) is 59.8 Å². The van der Waals surface area contributed by atoms with Gasteiger partial charge in [-0.15, -0.1) is 0 Å². The molecule has 0 radical (unpaired) electrons. The predicted molar refractivity (Wildman–Crippen MR) is 66.0 cm³/mol. The average Bonchev–Trinajstić information content (AvgIpc) is 2.75. The molecule has 5 nitrogen and oxygen atoms in total. The first-order valence-electron chi connectivity index (χ1n) is 5.79. The molecule has 1 aliphatic heterocycles. The van der Waals surface area contributed by atoms with E-state index in [2.05, 4.69) is 29.1 Å². The smallest absolute Gasteiger partial charge is 0.349 e. The summed E-state index contributed by atoms with van der Waals surface area (Å²) < 4.78 is 1.68. The molecule has 0 spiro atoms. The van der Waals surface area contributed by atoms with Crippen molar-refractivity contribution in [2.75, 3.05) is 5.32 Å². The van der Waals surface area contributed by atoms with Crippen molar-refractivity contribution in [2.45, 2.75) is 26.4 Å². The Morgan fingerprint density at radius 1 is 1.53 bits per heavy atom. The third kappa shape index (κ3) is 1.50. The molecule has 3 rings (SSSR count). The Morgan fingerprint density at radius 3 is 3.12 bits per heavy atom. The van der Waals surface area contributed by atoms with Gasteiger partial charge in [-0.05, 0) is 18.1 Å². The molecule has 1 N–H and O–H groups in total. The Kier molecular flexibility index (Phi) is 2.14.